The molecular formula is C17H24ClN3O3. The molecule has 0 spiro atoms. The first-order chi connectivity index (χ1) is 11.1. The number of piperidine rings is 1. The van der Waals surface area contributed by atoms with Gasteiger partial charge in [-0.25, -0.2) is 0 Å². The second kappa shape index (κ2) is 8.35. The van der Waals surface area contributed by atoms with Crippen molar-refractivity contribution in [3.8, 4) is 5.75 Å². The van der Waals surface area contributed by atoms with Crippen LogP contribution in [0.5, 0.6) is 5.75 Å². The van der Waals surface area contributed by atoms with E-state index in [2.05, 4.69) is 0 Å². The number of rotatable bonds is 4. The predicted molar refractivity (Wildman–Crippen MR) is 94.6 cm³/mol. The lowest BCUT2D eigenvalue weighted by atomic mass is 10.1. The fraction of sp³-hybridized carbons (Fsp3) is 0.529. The van der Waals surface area contributed by atoms with E-state index in [4.69, 9.17) is 10.5 Å². The molecule has 1 aromatic carbocycles. The van der Waals surface area contributed by atoms with Crippen LogP contribution >= 0.6 is 12.4 Å². The van der Waals surface area contributed by atoms with Gasteiger partial charge in [-0.15, -0.1) is 12.4 Å². The Morgan fingerprint density at radius 2 is 2.00 bits per heavy atom. The third-order valence-corrected chi connectivity index (χ3v) is 4.46. The maximum atomic E-state index is 12.2. The third-order valence-electron chi connectivity index (χ3n) is 4.46. The van der Waals surface area contributed by atoms with E-state index in [0.717, 1.165) is 31.5 Å². The smallest absolute Gasteiger partial charge is 0.260 e. The number of hydrogen-bond donors (Lipinski definition) is 1. The molecule has 0 saturated carbocycles. The molecule has 2 saturated heterocycles. The van der Waals surface area contributed by atoms with E-state index < -0.39 is 0 Å². The van der Waals surface area contributed by atoms with Crippen molar-refractivity contribution in [1.82, 2.24) is 4.90 Å². The number of halogens is 1. The molecule has 132 valence electrons. The van der Waals surface area contributed by atoms with Gasteiger partial charge in [0.1, 0.15) is 5.75 Å². The number of nitrogens with two attached hydrogens (primary N) is 1. The van der Waals surface area contributed by atoms with E-state index in [9.17, 15) is 9.59 Å². The molecule has 0 atom stereocenters. The number of anilines is 1. The van der Waals surface area contributed by atoms with Crippen molar-refractivity contribution >= 4 is 29.9 Å². The molecule has 2 aliphatic rings. The van der Waals surface area contributed by atoms with Crippen molar-refractivity contribution in [3.05, 3.63) is 24.3 Å². The highest BCUT2D eigenvalue weighted by Crippen LogP contribution is 2.25. The predicted octanol–water partition coefficient (Wildman–Crippen LogP) is 1.56. The van der Waals surface area contributed by atoms with Gasteiger partial charge in [0.15, 0.2) is 6.61 Å². The van der Waals surface area contributed by atoms with Crippen molar-refractivity contribution in [2.75, 3.05) is 31.1 Å². The van der Waals surface area contributed by atoms with Crippen LogP contribution in [0.25, 0.3) is 0 Å². The summed E-state index contributed by atoms with van der Waals surface area (Å²) in [6, 6.07) is 7.58. The zero-order valence-corrected chi connectivity index (χ0v) is 14.5. The van der Waals surface area contributed by atoms with Crippen molar-refractivity contribution in [2.24, 2.45) is 5.73 Å². The van der Waals surface area contributed by atoms with Crippen molar-refractivity contribution in [1.29, 1.82) is 0 Å². The molecule has 0 radical (unpaired) electrons. The quantitative estimate of drug-likeness (QED) is 0.891. The highest BCUT2D eigenvalue weighted by Gasteiger charge is 2.23. The van der Waals surface area contributed by atoms with E-state index in [1.165, 1.54) is 0 Å². The van der Waals surface area contributed by atoms with Crippen LogP contribution in [0.4, 0.5) is 5.69 Å². The largest absolute Gasteiger partial charge is 0.484 e. The Morgan fingerprint density at radius 1 is 1.25 bits per heavy atom. The van der Waals surface area contributed by atoms with E-state index >= 15 is 0 Å². The van der Waals surface area contributed by atoms with Crippen LogP contribution in [0, 0.1) is 0 Å². The molecule has 6 nitrogen and oxygen atoms in total. The van der Waals surface area contributed by atoms with Crippen LogP contribution in [-0.2, 0) is 9.59 Å². The molecule has 3 rings (SSSR count). The summed E-state index contributed by atoms with van der Waals surface area (Å²) < 4.78 is 5.62. The summed E-state index contributed by atoms with van der Waals surface area (Å²) in [4.78, 5) is 27.5. The highest BCUT2D eigenvalue weighted by atomic mass is 35.5. The van der Waals surface area contributed by atoms with E-state index in [1.54, 1.807) is 9.80 Å². The summed E-state index contributed by atoms with van der Waals surface area (Å²) in [7, 11) is 0. The molecule has 24 heavy (non-hydrogen) atoms. The van der Waals surface area contributed by atoms with Gasteiger partial charge in [-0.1, -0.05) is 6.07 Å². The van der Waals surface area contributed by atoms with Crippen LogP contribution in [0.1, 0.15) is 25.7 Å². The molecule has 1 aromatic rings. The monoisotopic (exact) mass is 353 g/mol. The summed E-state index contributed by atoms with van der Waals surface area (Å²) in [5, 5.41) is 0. The van der Waals surface area contributed by atoms with Crippen molar-refractivity contribution in [3.63, 3.8) is 0 Å². The minimum atomic E-state index is -0.0143. The van der Waals surface area contributed by atoms with Gasteiger partial charge in [0.05, 0.1) is 0 Å². The summed E-state index contributed by atoms with van der Waals surface area (Å²) >= 11 is 0. The Bertz CT molecular complexity index is 588. The second-order valence-corrected chi connectivity index (χ2v) is 6.15. The Labute approximate surface area is 148 Å². The summed E-state index contributed by atoms with van der Waals surface area (Å²) in [5.41, 5.74) is 6.68. The van der Waals surface area contributed by atoms with Gasteiger partial charge in [-0.05, 0) is 31.4 Å². The average molecular weight is 354 g/mol. The molecule has 2 amide bonds. The minimum absolute atomic E-state index is 0. The molecular weight excluding hydrogens is 330 g/mol. The zero-order valence-electron chi connectivity index (χ0n) is 13.6. The molecule has 2 heterocycles. The first-order valence-electron chi connectivity index (χ1n) is 8.20. The Morgan fingerprint density at radius 3 is 2.67 bits per heavy atom. The van der Waals surface area contributed by atoms with E-state index in [1.807, 2.05) is 24.3 Å². The van der Waals surface area contributed by atoms with Crippen LogP contribution in [0.3, 0.4) is 0 Å². The lowest BCUT2D eigenvalue weighted by Crippen LogP contribution is -2.44. The number of nitrogens with zero attached hydrogens (tertiary/aromatic N) is 2. The number of amides is 2. The van der Waals surface area contributed by atoms with Gasteiger partial charge in [-0.3, -0.25) is 9.59 Å². The maximum Gasteiger partial charge on any atom is 0.260 e. The van der Waals surface area contributed by atoms with Gasteiger partial charge < -0.3 is 20.3 Å². The highest BCUT2D eigenvalue weighted by molar-refractivity contribution is 5.95. The first kappa shape index (κ1) is 18.5. The van der Waals surface area contributed by atoms with Crippen LogP contribution in [0.2, 0.25) is 0 Å². The Kier molecular flexibility index (Phi) is 6.45. The number of benzene rings is 1. The lowest BCUT2D eigenvalue weighted by molar-refractivity contribution is -0.134. The molecule has 2 aliphatic heterocycles. The zero-order chi connectivity index (χ0) is 16.2. The number of ether oxygens (including phenoxy) is 1. The average Bonchev–Trinajstić information content (AvgIpc) is 3.00. The topological polar surface area (TPSA) is 75.9 Å². The Hall–Kier alpha value is -1.79. The fourth-order valence-corrected chi connectivity index (χ4v) is 3.05. The molecule has 0 unspecified atom stereocenters. The first-order valence-corrected chi connectivity index (χ1v) is 8.20. The minimum Gasteiger partial charge on any atom is -0.484 e. The molecule has 0 aliphatic carbocycles. The third kappa shape index (κ3) is 4.39. The van der Waals surface area contributed by atoms with Crippen LogP contribution in [0.15, 0.2) is 24.3 Å². The molecule has 7 heteroatoms. The summed E-state index contributed by atoms with van der Waals surface area (Å²) in [6.07, 6.45) is 3.18. The standard InChI is InChI=1S/C17H23N3O3.ClH/c18-13-6-9-19(10-7-13)17(22)12-23-15-4-1-3-14(11-15)20-8-2-5-16(20)21;/h1,3-4,11,13H,2,5-10,12,18H2;1H. The normalized spacial score (nSPS) is 18.5. The van der Waals surface area contributed by atoms with Crippen LogP contribution in [-0.4, -0.2) is 49.0 Å². The molecule has 2 fully saturated rings. The number of likely N-dealkylation sites (tertiary alicyclic amines) is 1. The van der Waals surface area contributed by atoms with Gasteiger partial charge >= 0.3 is 0 Å². The maximum absolute atomic E-state index is 12.2. The number of carbonyl (C=O) groups is 2. The van der Waals surface area contributed by atoms with Gasteiger partial charge in [-0.2, -0.15) is 0 Å². The number of carbonyl (C=O) groups excluding carboxylic acids is 2. The van der Waals surface area contributed by atoms with Gasteiger partial charge in [0, 0.05) is 43.9 Å². The Balaban J connectivity index is 0.00000208. The number of hydrogen-bond acceptors (Lipinski definition) is 4. The van der Waals surface area contributed by atoms with Crippen molar-refractivity contribution < 1.29 is 14.3 Å². The molecule has 0 aromatic heterocycles. The van der Waals surface area contributed by atoms with Gasteiger partial charge in [0.25, 0.3) is 5.91 Å². The summed E-state index contributed by atoms with van der Waals surface area (Å²) in [5.74, 6) is 0.742. The lowest BCUT2D eigenvalue weighted by Gasteiger charge is -2.30. The molecule has 2 N–H and O–H groups in total. The van der Waals surface area contributed by atoms with Gasteiger partial charge in [0.2, 0.25) is 5.91 Å². The fourth-order valence-electron chi connectivity index (χ4n) is 3.05. The summed E-state index contributed by atoms with van der Waals surface area (Å²) in [6.45, 7) is 2.17. The van der Waals surface area contributed by atoms with E-state index in [-0.39, 0.29) is 36.9 Å². The SMILES string of the molecule is Cl.NC1CCN(C(=O)COc2cccc(N3CCCC3=O)c2)CC1. The molecule has 0 bridgehead atoms. The van der Waals surface area contributed by atoms with Crippen molar-refractivity contribution in [2.45, 2.75) is 31.7 Å². The van der Waals surface area contributed by atoms with E-state index in [0.29, 0.717) is 25.3 Å². The van der Waals surface area contributed by atoms with Crippen LogP contribution < -0.4 is 15.4 Å². The second-order valence-electron chi connectivity index (χ2n) is 6.15.